The number of nitrogens with zero attached hydrogens (tertiary/aromatic N) is 1. The number of pyridine rings is 1. The van der Waals surface area contributed by atoms with Gasteiger partial charge in [0.1, 0.15) is 0 Å². The first-order chi connectivity index (χ1) is 3.80. The van der Waals surface area contributed by atoms with Crippen LogP contribution in [0, 0.1) is 0 Å². The van der Waals surface area contributed by atoms with Crippen molar-refractivity contribution in [3.05, 3.63) is 22.9 Å². The summed E-state index contributed by atoms with van der Waals surface area (Å²) in [6.45, 7) is 0. The molecule has 1 aromatic heterocycles. The molecule has 1 rings (SSSR count). The number of hydrogen-bond donors (Lipinski definition) is 1. The normalized spacial score (nSPS) is 9.12. The third kappa shape index (κ3) is 0.980. The van der Waals surface area contributed by atoms with Crippen LogP contribution >= 0.6 is 15.9 Å². The van der Waals surface area contributed by atoms with Crippen molar-refractivity contribution in [3.63, 3.8) is 0 Å². The highest BCUT2D eigenvalue weighted by Gasteiger charge is 1.87. The van der Waals surface area contributed by atoms with Crippen molar-refractivity contribution in [2.45, 2.75) is 0 Å². The summed E-state index contributed by atoms with van der Waals surface area (Å²) in [6.07, 6.45) is 3.28. The van der Waals surface area contributed by atoms with Gasteiger partial charge in [0.15, 0.2) is 0 Å². The molecular weight excluding hydrogens is 168 g/mol. The predicted molar refractivity (Wildman–Crippen MR) is 36.3 cm³/mol. The van der Waals surface area contributed by atoms with Gasteiger partial charge in [-0.15, -0.1) is 0 Å². The summed E-state index contributed by atoms with van der Waals surface area (Å²) in [5, 5.41) is 0. The van der Waals surface area contributed by atoms with Crippen LogP contribution in [0.25, 0.3) is 0 Å². The molecule has 3 heteroatoms. The topological polar surface area (TPSA) is 38.9 Å². The molecule has 0 saturated heterocycles. The fraction of sp³-hybridized carbons (Fsp3) is 0. The summed E-state index contributed by atoms with van der Waals surface area (Å²) >= 11 is 3.23. The zero-order chi connectivity index (χ0) is 5.98. The van der Waals surface area contributed by atoms with Gasteiger partial charge in [-0.05, 0) is 22.0 Å². The minimum atomic E-state index is 0.674. The number of rotatable bonds is 0. The second kappa shape index (κ2) is 2.13. The van der Waals surface area contributed by atoms with Crippen molar-refractivity contribution in [1.82, 2.24) is 4.98 Å². The fourth-order valence-electron chi connectivity index (χ4n) is 0.390. The third-order valence-electron chi connectivity index (χ3n) is 0.796. The van der Waals surface area contributed by atoms with Gasteiger partial charge < -0.3 is 5.73 Å². The predicted octanol–water partition coefficient (Wildman–Crippen LogP) is 1.43. The van der Waals surface area contributed by atoms with E-state index in [1.165, 1.54) is 0 Å². The molecule has 0 fully saturated rings. The Balaban J connectivity index is 3.13. The molecule has 0 spiro atoms. The summed E-state index contributed by atoms with van der Waals surface area (Å²) in [5.74, 6) is 0. The van der Waals surface area contributed by atoms with E-state index < -0.39 is 0 Å². The molecule has 0 radical (unpaired) electrons. The average Bonchev–Trinajstić information content (AvgIpc) is 1.77. The lowest BCUT2D eigenvalue weighted by molar-refractivity contribution is 1.32. The Bertz CT molecular complexity index is 167. The monoisotopic (exact) mass is 172 g/mol. The van der Waals surface area contributed by atoms with Crippen LogP contribution in [0.15, 0.2) is 22.9 Å². The van der Waals surface area contributed by atoms with Crippen LogP contribution in [0.5, 0.6) is 0 Å². The molecule has 42 valence electrons. The number of anilines is 1. The number of hydrogen-bond acceptors (Lipinski definition) is 2. The molecule has 0 aliphatic rings. The molecule has 0 bridgehead atoms. The number of halogens is 1. The first-order valence-corrected chi connectivity index (χ1v) is 2.95. The molecule has 0 aliphatic carbocycles. The van der Waals surface area contributed by atoms with Crippen molar-refractivity contribution < 1.29 is 0 Å². The summed E-state index contributed by atoms with van der Waals surface area (Å²) in [4.78, 5) is 3.79. The zero-order valence-corrected chi connectivity index (χ0v) is 5.72. The maximum absolute atomic E-state index is 5.41. The Hall–Kier alpha value is -0.570. The summed E-state index contributed by atoms with van der Waals surface area (Å²) in [7, 11) is 0. The van der Waals surface area contributed by atoms with Gasteiger partial charge in [-0.25, -0.2) is 0 Å². The van der Waals surface area contributed by atoms with E-state index in [1.54, 1.807) is 18.5 Å². The number of aromatic nitrogens is 1. The Morgan fingerprint density at radius 2 is 2.38 bits per heavy atom. The SMILES string of the molecule is Nc1cnccc1Br. The summed E-state index contributed by atoms with van der Waals surface area (Å²) in [6, 6.07) is 1.80. The van der Waals surface area contributed by atoms with Gasteiger partial charge in [0.05, 0.1) is 11.9 Å². The van der Waals surface area contributed by atoms with E-state index in [9.17, 15) is 0 Å². The highest BCUT2D eigenvalue weighted by molar-refractivity contribution is 9.10. The second-order valence-corrected chi connectivity index (χ2v) is 2.25. The molecule has 1 heterocycles. The van der Waals surface area contributed by atoms with E-state index in [-0.39, 0.29) is 0 Å². The van der Waals surface area contributed by atoms with E-state index in [1.807, 2.05) is 0 Å². The van der Waals surface area contributed by atoms with E-state index in [0.29, 0.717) is 5.69 Å². The summed E-state index contributed by atoms with van der Waals surface area (Å²) in [5.41, 5.74) is 6.08. The lowest BCUT2D eigenvalue weighted by atomic mass is 10.4. The Kier molecular flexibility index (Phi) is 1.48. The fourth-order valence-corrected chi connectivity index (χ4v) is 0.610. The van der Waals surface area contributed by atoms with Crippen molar-refractivity contribution in [2.75, 3.05) is 5.73 Å². The van der Waals surface area contributed by atoms with Crippen molar-refractivity contribution >= 4 is 21.6 Å². The third-order valence-corrected chi connectivity index (χ3v) is 1.52. The van der Waals surface area contributed by atoms with Gasteiger partial charge in [-0.1, -0.05) is 0 Å². The second-order valence-electron chi connectivity index (χ2n) is 1.40. The molecule has 1 aromatic rings. The lowest BCUT2D eigenvalue weighted by Crippen LogP contribution is -1.85. The number of nitrogen functional groups attached to an aromatic ring is 1. The average molecular weight is 173 g/mol. The smallest absolute Gasteiger partial charge is 0.0644 e. The molecule has 0 aliphatic heterocycles. The van der Waals surface area contributed by atoms with Crippen molar-refractivity contribution in [1.29, 1.82) is 0 Å². The van der Waals surface area contributed by atoms with Crippen LogP contribution in [0.3, 0.4) is 0 Å². The van der Waals surface area contributed by atoms with Gasteiger partial charge in [0.25, 0.3) is 0 Å². The summed E-state index contributed by atoms with van der Waals surface area (Å²) < 4.78 is 0.896. The largest absolute Gasteiger partial charge is 0.397 e. The van der Waals surface area contributed by atoms with Gasteiger partial charge in [0.2, 0.25) is 0 Å². The highest BCUT2D eigenvalue weighted by Crippen LogP contribution is 2.14. The van der Waals surface area contributed by atoms with E-state index in [0.717, 1.165) is 4.47 Å². The molecule has 0 amide bonds. The molecule has 0 atom stereocenters. The molecule has 0 saturated carbocycles. The van der Waals surface area contributed by atoms with Crippen LogP contribution in [0.4, 0.5) is 5.69 Å². The number of nitrogens with two attached hydrogens (primary N) is 1. The van der Waals surface area contributed by atoms with Gasteiger partial charge in [0, 0.05) is 10.7 Å². The standard InChI is InChI=1S/C5H5BrN2/c6-4-1-2-8-3-5(4)7/h1-3H,7H2. The molecular formula is C5H5BrN2. The van der Waals surface area contributed by atoms with E-state index in [4.69, 9.17) is 5.73 Å². The highest BCUT2D eigenvalue weighted by atomic mass is 79.9. The zero-order valence-electron chi connectivity index (χ0n) is 4.13. The first-order valence-electron chi connectivity index (χ1n) is 2.15. The Morgan fingerprint density at radius 3 is 2.75 bits per heavy atom. The minimum Gasteiger partial charge on any atom is -0.397 e. The van der Waals surface area contributed by atoms with E-state index in [2.05, 4.69) is 20.9 Å². The molecule has 2 N–H and O–H groups in total. The lowest BCUT2D eigenvalue weighted by Gasteiger charge is -1.91. The van der Waals surface area contributed by atoms with Gasteiger partial charge in [-0.2, -0.15) is 0 Å². The maximum atomic E-state index is 5.41. The van der Waals surface area contributed by atoms with Gasteiger partial charge in [-0.3, -0.25) is 4.98 Å². The quantitative estimate of drug-likeness (QED) is 0.644. The van der Waals surface area contributed by atoms with Crippen LogP contribution in [0.1, 0.15) is 0 Å². The minimum absolute atomic E-state index is 0.674. The first kappa shape index (κ1) is 5.56. The van der Waals surface area contributed by atoms with Crippen molar-refractivity contribution in [3.8, 4) is 0 Å². The molecule has 0 unspecified atom stereocenters. The van der Waals surface area contributed by atoms with Crippen LogP contribution < -0.4 is 5.73 Å². The molecule has 2 nitrogen and oxygen atoms in total. The van der Waals surface area contributed by atoms with Crippen molar-refractivity contribution in [2.24, 2.45) is 0 Å². The Labute approximate surface area is 55.9 Å². The van der Waals surface area contributed by atoms with Crippen LogP contribution in [-0.2, 0) is 0 Å². The van der Waals surface area contributed by atoms with Crippen LogP contribution in [-0.4, -0.2) is 4.98 Å². The molecule has 8 heavy (non-hydrogen) atoms. The van der Waals surface area contributed by atoms with Gasteiger partial charge >= 0.3 is 0 Å². The molecule has 0 aromatic carbocycles. The van der Waals surface area contributed by atoms with Crippen LogP contribution in [0.2, 0.25) is 0 Å². The maximum Gasteiger partial charge on any atom is 0.0644 e. The Morgan fingerprint density at radius 1 is 1.62 bits per heavy atom. The van der Waals surface area contributed by atoms with E-state index >= 15 is 0 Å².